The van der Waals surface area contributed by atoms with Gasteiger partial charge in [0.05, 0.1) is 31.1 Å². The zero-order chi connectivity index (χ0) is 19.6. The monoisotopic (exact) mass is 374 g/mol. The van der Waals surface area contributed by atoms with Crippen molar-refractivity contribution in [2.45, 2.75) is 6.04 Å². The molecule has 0 radical (unpaired) electrons. The molecule has 3 rings (SSSR count). The van der Waals surface area contributed by atoms with Crippen molar-refractivity contribution in [2.75, 3.05) is 25.1 Å². The molecule has 1 aliphatic heterocycles. The Morgan fingerprint density at radius 2 is 2.26 bits per heavy atom. The number of carboxylic acid groups (broad SMARTS) is 1. The number of benzene rings is 1. The van der Waals surface area contributed by atoms with Crippen LogP contribution in [0, 0.1) is 23.0 Å². The fraction of sp³-hybridized carbons (Fsp3) is 0.235. The lowest BCUT2D eigenvalue weighted by atomic mass is 9.94. The van der Waals surface area contributed by atoms with Crippen molar-refractivity contribution in [1.29, 1.82) is 5.26 Å². The molecule has 1 aliphatic rings. The van der Waals surface area contributed by atoms with Crippen LogP contribution in [0.5, 0.6) is 0 Å². The van der Waals surface area contributed by atoms with Crippen molar-refractivity contribution in [1.82, 2.24) is 9.78 Å². The summed E-state index contributed by atoms with van der Waals surface area (Å²) >= 11 is 0. The summed E-state index contributed by atoms with van der Waals surface area (Å²) in [6.45, 7) is 0.149. The van der Waals surface area contributed by atoms with Gasteiger partial charge < -0.3 is 25.7 Å². The minimum atomic E-state index is -1.61. The second kappa shape index (κ2) is 7.53. The van der Waals surface area contributed by atoms with Gasteiger partial charge in [0.2, 0.25) is 0 Å². The highest BCUT2D eigenvalue weighted by Gasteiger charge is 2.34. The summed E-state index contributed by atoms with van der Waals surface area (Å²) in [7, 11) is 0. The standard InChI is InChI=1S/C17H15F2N5O3/c18-11-3-1-2-10(14(11)19)15-13(17(25)26)12(8-27-5-4-20)23-16-9(6-21)7-22-24(15)16/h1-3,7,15,23H,4-5,8,20H2,(H,25,26)/p-1. The van der Waals surface area contributed by atoms with Crippen molar-refractivity contribution in [3.05, 3.63) is 58.4 Å². The maximum Gasteiger partial charge on any atom is 0.164 e. The average molecular weight is 374 g/mol. The Hall–Kier alpha value is -3.29. The van der Waals surface area contributed by atoms with E-state index >= 15 is 0 Å². The van der Waals surface area contributed by atoms with E-state index in [4.69, 9.17) is 10.5 Å². The van der Waals surface area contributed by atoms with Crippen LogP contribution in [0.15, 0.2) is 35.7 Å². The largest absolute Gasteiger partial charge is 0.545 e. The third kappa shape index (κ3) is 3.25. The molecule has 10 heteroatoms. The molecule has 0 amide bonds. The molecule has 0 spiro atoms. The van der Waals surface area contributed by atoms with Crippen molar-refractivity contribution >= 4 is 11.8 Å². The van der Waals surface area contributed by atoms with Gasteiger partial charge in [0, 0.05) is 17.7 Å². The quantitative estimate of drug-likeness (QED) is 0.682. The first-order valence-electron chi connectivity index (χ1n) is 7.90. The van der Waals surface area contributed by atoms with Crippen molar-refractivity contribution in [3.63, 3.8) is 0 Å². The van der Waals surface area contributed by atoms with Crippen molar-refractivity contribution in [3.8, 4) is 6.07 Å². The molecule has 140 valence electrons. The molecular weight excluding hydrogens is 360 g/mol. The molecule has 0 aliphatic carbocycles. The van der Waals surface area contributed by atoms with E-state index in [0.717, 1.165) is 10.7 Å². The maximum atomic E-state index is 14.5. The highest BCUT2D eigenvalue weighted by atomic mass is 19.2. The van der Waals surface area contributed by atoms with Gasteiger partial charge >= 0.3 is 0 Å². The number of carbonyl (C=O) groups is 1. The number of aromatic nitrogens is 2. The summed E-state index contributed by atoms with van der Waals surface area (Å²) in [5.74, 6) is -3.83. The van der Waals surface area contributed by atoms with Crippen LogP contribution in [0.3, 0.4) is 0 Å². The lowest BCUT2D eigenvalue weighted by molar-refractivity contribution is -0.299. The number of nitriles is 1. The van der Waals surface area contributed by atoms with Gasteiger partial charge in [0.25, 0.3) is 0 Å². The molecule has 0 saturated heterocycles. The number of fused-ring (bicyclic) bond motifs is 1. The number of rotatable bonds is 6. The molecular formula is C17H14F2N5O3-. The zero-order valence-corrected chi connectivity index (χ0v) is 13.9. The van der Waals surface area contributed by atoms with Crippen LogP contribution in [0.4, 0.5) is 14.6 Å². The molecule has 2 heterocycles. The smallest absolute Gasteiger partial charge is 0.164 e. The molecule has 1 aromatic heterocycles. The number of hydrogen-bond acceptors (Lipinski definition) is 7. The Balaban J connectivity index is 2.22. The molecule has 2 aromatic rings. The average Bonchev–Trinajstić information content (AvgIpc) is 3.05. The highest BCUT2D eigenvalue weighted by molar-refractivity contribution is 5.89. The van der Waals surface area contributed by atoms with Gasteiger partial charge in [-0.25, -0.2) is 13.5 Å². The van der Waals surface area contributed by atoms with Crippen LogP contribution >= 0.6 is 0 Å². The summed E-state index contributed by atoms with van der Waals surface area (Å²) in [6.07, 6.45) is 1.20. The topological polar surface area (TPSA) is 129 Å². The molecule has 3 N–H and O–H groups in total. The van der Waals surface area contributed by atoms with Crippen LogP contribution in [0.2, 0.25) is 0 Å². The SMILES string of the molecule is N#Cc1cnn2c1NC(COCCN)=C(C(=O)[O-])C2c1cccc(F)c1F. The van der Waals surface area contributed by atoms with E-state index in [-0.39, 0.29) is 48.0 Å². The number of ether oxygens (including phenoxy) is 1. The number of aliphatic carboxylic acids is 1. The van der Waals surface area contributed by atoms with Crippen LogP contribution in [0.1, 0.15) is 17.2 Å². The Labute approximate surface area is 152 Å². The molecule has 8 nitrogen and oxygen atoms in total. The first kappa shape index (κ1) is 18.5. The number of nitrogens with one attached hydrogen (secondary N) is 1. The normalized spacial score (nSPS) is 15.9. The molecule has 1 aromatic carbocycles. The molecule has 1 unspecified atom stereocenters. The Bertz CT molecular complexity index is 964. The number of nitrogens with two attached hydrogens (primary N) is 1. The lowest BCUT2D eigenvalue weighted by Crippen LogP contribution is -2.37. The minimum Gasteiger partial charge on any atom is -0.545 e. The summed E-state index contributed by atoms with van der Waals surface area (Å²) in [5.41, 5.74) is 4.86. The fourth-order valence-electron chi connectivity index (χ4n) is 2.89. The van der Waals surface area contributed by atoms with E-state index in [0.29, 0.717) is 0 Å². The van der Waals surface area contributed by atoms with Gasteiger partial charge in [-0.1, -0.05) is 12.1 Å². The van der Waals surface area contributed by atoms with Gasteiger partial charge in [-0.05, 0) is 6.07 Å². The summed E-state index contributed by atoms with van der Waals surface area (Å²) in [6, 6.07) is 3.97. The van der Waals surface area contributed by atoms with Crippen LogP contribution < -0.4 is 16.2 Å². The van der Waals surface area contributed by atoms with E-state index in [1.54, 1.807) is 0 Å². The Morgan fingerprint density at radius 1 is 1.48 bits per heavy atom. The lowest BCUT2D eigenvalue weighted by Gasteiger charge is -2.32. The number of halogens is 2. The zero-order valence-electron chi connectivity index (χ0n) is 13.9. The van der Waals surface area contributed by atoms with Gasteiger partial charge in [-0.15, -0.1) is 0 Å². The number of hydrogen-bond donors (Lipinski definition) is 2. The van der Waals surface area contributed by atoms with Crippen molar-refractivity contribution < 1.29 is 23.4 Å². The van der Waals surface area contributed by atoms with E-state index in [9.17, 15) is 23.9 Å². The first-order valence-corrected chi connectivity index (χ1v) is 7.90. The second-order valence-electron chi connectivity index (χ2n) is 5.65. The van der Waals surface area contributed by atoms with Crippen LogP contribution in [0.25, 0.3) is 0 Å². The predicted molar refractivity (Wildman–Crippen MR) is 87.0 cm³/mol. The van der Waals surface area contributed by atoms with Crippen LogP contribution in [-0.4, -0.2) is 35.5 Å². The number of carboxylic acids is 1. The third-order valence-corrected chi connectivity index (χ3v) is 4.03. The molecule has 0 saturated carbocycles. The highest BCUT2D eigenvalue weighted by Crippen LogP contribution is 2.38. The van der Waals surface area contributed by atoms with Gasteiger partial charge in [-0.3, -0.25) is 0 Å². The minimum absolute atomic E-state index is 0.0432. The Morgan fingerprint density at radius 3 is 2.93 bits per heavy atom. The number of carbonyl (C=O) groups excluding carboxylic acids is 1. The van der Waals surface area contributed by atoms with Crippen LogP contribution in [-0.2, 0) is 9.53 Å². The predicted octanol–water partition coefficient (Wildman–Crippen LogP) is 0.0272. The van der Waals surface area contributed by atoms with E-state index in [1.807, 2.05) is 6.07 Å². The first-order chi connectivity index (χ1) is 13.0. The summed E-state index contributed by atoms with van der Waals surface area (Å²) < 4.78 is 34.6. The number of nitrogens with zero attached hydrogens (tertiary/aromatic N) is 3. The van der Waals surface area contributed by atoms with E-state index in [2.05, 4.69) is 10.4 Å². The maximum absolute atomic E-state index is 14.5. The fourth-order valence-corrected chi connectivity index (χ4v) is 2.89. The number of anilines is 1. The third-order valence-electron chi connectivity index (χ3n) is 4.03. The molecule has 1 atom stereocenters. The van der Waals surface area contributed by atoms with E-state index < -0.39 is 23.6 Å². The Kier molecular flexibility index (Phi) is 5.16. The second-order valence-corrected chi connectivity index (χ2v) is 5.65. The molecule has 0 bridgehead atoms. The summed E-state index contributed by atoms with van der Waals surface area (Å²) in [5, 5.41) is 27.8. The van der Waals surface area contributed by atoms with Gasteiger partial charge in [0.1, 0.15) is 23.5 Å². The summed E-state index contributed by atoms with van der Waals surface area (Å²) in [4.78, 5) is 11.9. The van der Waals surface area contributed by atoms with Crippen molar-refractivity contribution in [2.24, 2.45) is 5.73 Å². The molecule has 27 heavy (non-hydrogen) atoms. The van der Waals surface area contributed by atoms with Gasteiger partial charge in [0.15, 0.2) is 11.6 Å². The van der Waals surface area contributed by atoms with Gasteiger partial charge in [-0.2, -0.15) is 10.4 Å². The molecule has 0 fully saturated rings. The van der Waals surface area contributed by atoms with E-state index in [1.165, 1.54) is 18.3 Å².